The van der Waals surface area contributed by atoms with Crippen LogP contribution in [0.1, 0.15) is 45.7 Å². The Morgan fingerprint density at radius 3 is 2.28 bits per heavy atom. The highest BCUT2D eigenvalue weighted by atomic mass is 32.2. The van der Waals surface area contributed by atoms with Crippen LogP contribution in [0, 0.1) is 13.8 Å². The van der Waals surface area contributed by atoms with Crippen LogP contribution in [0.3, 0.4) is 0 Å². The third kappa shape index (κ3) is 4.61. The summed E-state index contributed by atoms with van der Waals surface area (Å²) in [7, 11) is -3.52. The first-order chi connectivity index (χ1) is 15.4. The summed E-state index contributed by atoms with van der Waals surface area (Å²) >= 11 is 0. The van der Waals surface area contributed by atoms with E-state index in [-0.39, 0.29) is 5.91 Å². The lowest BCUT2D eigenvalue weighted by atomic mass is 10.1. The van der Waals surface area contributed by atoms with Crippen LogP contribution in [0.4, 0.5) is 0 Å². The minimum Gasteiger partial charge on any atom is -0.348 e. The highest BCUT2D eigenvalue weighted by Crippen LogP contribution is 2.26. The number of nitrogens with one attached hydrogen (secondary N) is 1. The number of nitrogens with zero attached hydrogens (tertiary/aromatic N) is 3. The number of hydrogen-bond donors (Lipinski definition) is 1. The van der Waals surface area contributed by atoms with Crippen molar-refractivity contribution >= 4 is 15.9 Å². The van der Waals surface area contributed by atoms with Crippen molar-refractivity contribution in [1.29, 1.82) is 0 Å². The Labute approximate surface area is 189 Å². The number of benzene rings is 2. The van der Waals surface area contributed by atoms with Crippen molar-refractivity contribution in [3.05, 3.63) is 82.7 Å². The molecule has 1 aliphatic rings. The average molecular weight is 453 g/mol. The van der Waals surface area contributed by atoms with Crippen molar-refractivity contribution < 1.29 is 13.2 Å². The van der Waals surface area contributed by atoms with Crippen molar-refractivity contribution in [1.82, 2.24) is 19.4 Å². The molecule has 3 aromatic rings. The number of rotatable bonds is 7. The van der Waals surface area contributed by atoms with Gasteiger partial charge in [-0.05, 0) is 49.9 Å². The van der Waals surface area contributed by atoms with E-state index < -0.39 is 10.0 Å². The largest absolute Gasteiger partial charge is 0.348 e. The molecule has 1 fully saturated rings. The van der Waals surface area contributed by atoms with Gasteiger partial charge in [0.05, 0.1) is 17.9 Å². The fourth-order valence-electron chi connectivity index (χ4n) is 4.08. The zero-order chi connectivity index (χ0) is 22.7. The Bertz CT molecular complexity index is 1200. The van der Waals surface area contributed by atoms with E-state index in [0.717, 1.165) is 24.0 Å². The Balaban J connectivity index is 1.45. The number of hydrogen-bond acceptors (Lipinski definition) is 4. The van der Waals surface area contributed by atoms with E-state index in [1.807, 2.05) is 42.5 Å². The summed E-state index contributed by atoms with van der Waals surface area (Å²) in [5, 5.41) is 7.42. The maximum atomic E-state index is 13.1. The topological polar surface area (TPSA) is 84.3 Å². The summed E-state index contributed by atoms with van der Waals surface area (Å²) in [6, 6.07) is 17.1. The molecule has 0 aliphatic carbocycles. The van der Waals surface area contributed by atoms with Crippen LogP contribution in [0.5, 0.6) is 0 Å². The quantitative estimate of drug-likeness (QED) is 0.596. The lowest BCUT2D eigenvalue weighted by molar-refractivity contribution is 0.0951. The number of sulfonamides is 1. The van der Waals surface area contributed by atoms with E-state index in [1.165, 1.54) is 0 Å². The van der Waals surface area contributed by atoms with E-state index in [1.54, 1.807) is 35.0 Å². The summed E-state index contributed by atoms with van der Waals surface area (Å²) < 4.78 is 29.4. The van der Waals surface area contributed by atoms with Gasteiger partial charge in [-0.25, -0.2) is 8.42 Å². The van der Waals surface area contributed by atoms with Crippen LogP contribution in [0.25, 0.3) is 0 Å². The molecule has 0 radical (unpaired) electrons. The highest BCUT2D eigenvalue weighted by Gasteiger charge is 2.32. The van der Waals surface area contributed by atoms with Gasteiger partial charge in [0.25, 0.3) is 5.91 Å². The van der Waals surface area contributed by atoms with Crippen molar-refractivity contribution in [3.63, 3.8) is 0 Å². The molecule has 2 aromatic carbocycles. The second kappa shape index (κ2) is 9.26. The van der Waals surface area contributed by atoms with Crippen LogP contribution in [0.15, 0.2) is 59.5 Å². The summed E-state index contributed by atoms with van der Waals surface area (Å²) in [6.45, 7) is 5.59. The Kier molecular flexibility index (Phi) is 6.43. The number of aryl methyl sites for hydroxylation is 1. The lowest BCUT2D eigenvalue weighted by Crippen LogP contribution is -2.28. The SMILES string of the molecule is Cc1nn(Cc2ccc(C(=O)NCc3ccccc3)cc2)c(C)c1S(=O)(=O)N1CCCC1. The van der Waals surface area contributed by atoms with Crippen molar-refractivity contribution in [3.8, 4) is 0 Å². The Morgan fingerprint density at radius 1 is 0.969 bits per heavy atom. The molecule has 1 N–H and O–H groups in total. The first-order valence-electron chi connectivity index (χ1n) is 10.8. The zero-order valence-electron chi connectivity index (χ0n) is 18.4. The number of carbonyl (C=O) groups is 1. The van der Waals surface area contributed by atoms with Crippen molar-refractivity contribution in [2.75, 3.05) is 13.1 Å². The van der Waals surface area contributed by atoms with Gasteiger partial charge in [0.15, 0.2) is 0 Å². The summed E-state index contributed by atoms with van der Waals surface area (Å²) in [5.74, 6) is -0.134. The molecule has 0 unspecified atom stereocenters. The van der Waals surface area contributed by atoms with Crippen molar-refractivity contribution in [2.24, 2.45) is 0 Å². The maximum Gasteiger partial charge on any atom is 0.251 e. The zero-order valence-corrected chi connectivity index (χ0v) is 19.2. The molecule has 1 amide bonds. The first kappa shape index (κ1) is 22.2. The van der Waals surface area contributed by atoms with Gasteiger partial charge in [-0.3, -0.25) is 9.48 Å². The van der Waals surface area contributed by atoms with Crippen LogP contribution >= 0.6 is 0 Å². The maximum absolute atomic E-state index is 13.1. The molecule has 0 spiro atoms. The van der Waals surface area contributed by atoms with E-state index in [2.05, 4.69) is 10.4 Å². The van der Waals surface area contributed by atoms with Crippen LogP contribution in [-0.4, -0.2) is 41.5 Å². The molecule has 4 rings (SSSR count). The van der Waals surface area contributed by atoms with Crippen molar-refractivity contribution in [2.45, 2.75) is 44.7 Å². The summed E-state index contributed by atoms with van der Waals surface area (Å²) in [4.78, 5) is 12.7. The molecule has 168 valence electrons. The molecule has 1 saturated heterocycles. The average Bonchev–Trinajstić information content (AvgIpc) is 3.42. The number of aromatic nitrogens is 2. The van der Waals surface area contributed by atoms with Gasteiger partial charge in [0.1, 0.15) is 4.90 Å². The molecule has 1 aliphatic heterocycles. The van der Waals surface area contributed by atoms with Gasteiger partial charge in [-0.15, -0.1) is 0 Å². The normalized spacial score (nSPS) is 14.6. The van der Waals surface area contributed by atoms with Gasteiger partial charge >= 0.3 is 0 Å². The molecular weight excluding hydrogens is 424 g/mol. The third-order valence-corrected chi connectivity index (χ3v) is 7.97. The van der Waals surface area contributed by atoms with Gasteiger partial charge in [-0.2, -0.15) is 9.40 Å². The van der Waals surface area contributed by atoms with E-state index >= 15 is 0 Å². The van der Waals surface area contributed by atoms with Gasteiger partial charge in [0.2, 0.25) is 10.0 Å². The minimum atomic E-state index is -3.52. The first-order valence-corrected chi connectivity index (χ1v) is 12.3. The van der Waals surface area contributed by atoms with Gasteiger partial charge in [-0.1, -0.05) is 42.5 Å². The Hall–Kier alpha value is -2.97. The van der Waals surface area contributed by atoms with E-state index in [9.17, 15) is 13.2 Å². The van der Waals surface area contributed by atoms with Crippen LogP contribution < -0.4 is 5.32 Å². The van der Waals surface area contributed by atoms with E-state index in [0.29, 0.717) is 48.0 Å². The fourth-order valence-corrected chi connectivity index (χ4v) is 5.97. The molecule has 0 atom stereocenters. The molecule has 8 heteroatoms. The minimum absolute atomic E-state index is 0.134. The fraction of sp³-hybridized carbons (Fsp3) is 0.333. The van der Waals surface area contributed by atoms with Crippen LogP contribution in [0.2, 0.25) is 0 Å². The molecule has 32 heavy (non-hydrogen) atoms. The number of amides is 1. The van der Waals surface area contributed by atoms with Gasteiger partial charge in [0, 0.05) is 25.2 Å². The predicted molar refractivity (Wildman–Crippen MR) is 123 cm³/mol. The second-order valence-electron chi connectivity index (χ2n) is 8.13. The monoisotopic (exact) mass is 452 g/mol. The summed E-state index contributed by atoms with van der Waals surface area (Å²) in [6.07, 6.45) is 1.80. The predicted octanol–water partition coefficient (Wildman–Crippen LogP) is 3.26. The molecule has 2 heterocycles. The van der Waals surface area contributed by atoms with E-state index in [4.69, 9.17) is 0 Å². The third-order valence-electron chi connectivity index (χ3n) is 5.82. The standard InChI is InChI=1S/C24H28N4O3S/c1-18-23(32(30,31)27-14-6-7-15-27)19(2)28(26-18)17-21-10-12-22(13-11-21)24(29)25-16-20-8-4-3-5-9-20/h3-5,8-13H,6-7,14-17H2,1-2H3,(H,25,29). The van der Waals surface area contributed by atoms with Crippen LogP contribution in [-0.2, 0) is 23.1 Å². The molecule has 1 aromatic heterocycles. The molecule has 0 bridgehead atoms. The van der Waals surface area contributed by atoms with Gasteiger partial charge < -0.3 is 5.32 Å². The molecular formula is C24H28N4O3S. The highest BCUT2D eigenvalue weighted by molar-refractivity contribution is 7.89. The molecule has 0 saturated carbocycles. The Morgan fingerprint density at radius 2 is 1.62 bits per heavy atom. The smallest absolute Gasteiger partial charge is 0.251 e. The second-order valence-corrected chi connectivity index (χ2v) is 10.0. The molecule has 7 nitrogen and oxygen atoms in total. The lowest BCUT2D eigenvalue weighted by Gasteiger charge is -2.15. The number of carbonyl (C=O) groups excluding carboxylic acids is 1. The summed E-state index contributed by atoms with van der Waals surface area (Å²) in [5.41, 5.74) is 3.72.